The molecule has 2 rings (SSSR count). The molecule has 0 amide bonds. The summed E-state index contributed by atoms with van der Waals surface area (Å²) in [5.41, 5.74) is 1.46. The highest BCUT2D eigenvalue weighted by molar-refractivity contribution is 6.17. The zero-order valence-electron chi connectivity index (χ0n) is 10.8. The zero-order chi connectivity index (χ0) is 13.8. The minimum atomic E-state index is -0.219. The standard InChI is InChI=1S/C14H15ClFN3/c1-10(12-5-3-4-6-13(12)16)19(2)14-11(7-15)8-17-9-18-14/h3-6,8-10H,7H2,1-2H3. The molecule has 1 aromatic carbocycles. The molecule has 1 heterocycles. The molecule has 1 aromatic heterocycles. The molecule has 0 spiro atoms. The lowest BCUT2D eigenvalue weighted by Crippen LogP contribution is -2.24. The summed E-state index contributed by atoms with van der Waals surface area (Å²) in [5.74, 6) is 0.828. The van der Waals surface area contributed by atoms with E-state index in [2.05, 4.69) is 9.97 Å². The first-order chi connectivity index (χ1) is 9.15. The average molecular weight is 280 g/mol. The van der Waals surface area contributed by atoms with Crippen LogP contribution >= 0.6 is 11.6 Å². The lowest BCUT2D eigenvalue weighted by Gasteiger charge is -2.27. The van der Waals surface area contributed by atoms with Gasteiger partial charge in [0.05, 0.1) is 11.9 Å². The smallest absolute Gasteiger partial charge is 0.136 e. The molecule has 1 atom stereocenters. The summed E-state index contributed by atoms with van der Waals surface area (Å²) in [7, 11) is 1.87. The number of benzene rings is 1. The molecular weight excluding hydrogens is 265 g/mol. The Balaban J connectivity index is 2.34. The van der Waals surface area contributed by atoms with Crippen molar-refractivity contribution in [1.29, 1.82) is 0 Å². The van der Waals surface area contributed by atoms with Gasteiger partial charge in [-0.15, -0.1) is 11.6 Å². The molecule has 1 unspecified atom stereocenters. The molecule has 0 radical (unpaired) electrons. The van der Waals surface area contributed by atoms with E-state index in [1.165, 1.54) is 12.4 Å². The van der Waals surface area contributed by atoms with Crippen LogP contribution < -0.4 is 4.90 Å². The van der Waals surface area contributed by atoms with E-state index in [1.54, 1.807) is 18.3 Å². The number of hydrogen-bond acceptors (Lipinski definition) is 3. The van der Waals surface area contributed by atoms with E-state index in [-0.39, 0.29) is 11.9 Å². The molecule has 2 aromatic rings. The van der Waals surface area contributed by atoms with E-state index in [0.717, 1.165) is 11.4 Å². The van der Waals surface area contributed by atoms with Crippen LogP contribution in [0, 0.1) is 5.82 Å². The van der Waals surface area contributed by atoms with Crippen molar-refractivity contribution in [3.8, 4) is 0 Å². The van der Waals surface area contributed by atoms with Crippen molar-refractivity contribution >= 4 is 17.4 Å². The van der Waals surface area contributed by atoms with Gasteiger partial charge in [-0.1, -0.05) is 18.2 Å². The molecule has 5 heteroatoms. The van der Waals surface area contributed by atoms with Crippen LogP contribution in [-0.4, -0.2) is 17.0 Å². The Morgan fingerprint density at radius 3 is 2.79 bits per heavy atom. The molecule has 3 nitrogen and oxygen atoms in total. The summed E-state index contributed by atoms with van der Waals surface area (Å²) in [6.45, 7) is 1.93. The highest BCUT2D eigenvalue weighted by Crippen LogP contribution is 2.27. The number of rotatable bonds is 4. The van der Waals surface area contributed by atoms with E-state index in [1.807, 2.05) is 24.9 Å². The Morgan fingerprint density at radius 1 is 1.37 bits per heavy atom. The minimum Gasteiger partial charge on any atom is -0.352 e. The van der Waals surface area contributed by atoms with Crippen LogP contribution in [-0.2, 0) is 5.88 Å². The van der Waals surface area contributed by atoms with E-state index >= 15 is 0 Å². The first-order valence-electron chi connectivity index (χ1n) is 5.97. The van der Waals surface area contributed by atoms with Gasteiger partial charge in [-0.25, -0.2) is 14.4 Å². The highest BCUT2D eigenvalue weighted by Gasteiger charge is 2.18. The summed E-state index contributed by atoms with van der Waals surface area (Å²) in [6, 6.07) is 6.60. The van der Waals surface area contributed by atoms with Crippen molar-refractivity contribution in [1.82, 2.24) is 9.97 Å². The molecule has 0 fully saturated rings. The van der Waals surface area contributed by atoms with Crippen LogP contribution in [0.25, 0.3) is 0 Å². The number of hydrogen-bond donors (Lipinski definition) is 0. The summed E-state index contributed by atoms with van der Waals surface area (Å²) in [5, 5.41) is 0. The van der Waals surface area contributed by atoms with Gasteiger partial charge in [-0.05, 0) is 13.0 Å². The van der Waals surface area contributed by atoms with Crippen molar-refractivity contribution in [2.75, 3.05) is 11.9 Å². The molecule has 0 N–H and O–H groups in total. The van der Waals surface area contributed by atoms with Crippen molar-refractivity contribution in [3.63, 3.8) is 0 Å². The molecule has 0 aliphatic heterocycles. The first kappa shape index (κ1) is 13.7. The summed E-state index contributed by atoms with van der Waals surface area (Å²) >= 11 is 5.88. The van der Waals surface area contributed by atoms with E-state index in [4.69, 9.17) is 11.6 Å². The Hall–Kier alpha value is -1.68. The Morgan fingerprint density at radius 2 is 2.11 bits per heavy atom. The fraction of sp³-hybridized carbons (Fsp3) is 0.286. The molecule has 19 heavy (non-hydrogen) atoms. The molecule has 100 valence electrons. The number of nitrogens with zero attached hydrogens (tertiary/aromatic N) is 3. The second kappa shape index (κ2) is 5.97. The van der Waals surface area contributed by atoms with Gasteiger partial charge >= 0.3 is 0 Å². The van der Waals surface area contributed by atoms with E-state index < -0.39 is 0 Å². The van der Waals surface area contributed by atoms with Crippen molar-refractivity contribution in [2.24, 2.45) is 0 Å². The fourth-order valence-corrected chi connectivity index (χ4v) is 2.16. The van der Waals surface area contributed by atoms with E-state index in [0.29, 0.717) is 11.4 Å². The molecule has 0 bridgehead atoms. The Bertz CT molecular complexity index is 562. The number of aromatic nitrogens is 2. The summed E-state index contributed by atoms with van der Waals surface area (Å²) < 4.78 is 13.8. The quantitative estimate of drug-likeness (QED) is 0.802. The van der Waals surface area contributed by atoms with Crippen LogP contribution in [0.1, 0.15) is 24.1 Å². The third-order valence-electron chi connectivity index (χ3n) is 3.18. The van der Waals surface area contributed by atoms with Gasteiger partial charge in [-0.3, -0.25) is 0 Å². The predicted molar refractivity (Wildman–Crippen MR) is 74.8 cm³/mol. The first-order valence-corrected chi connectivity index (χ1v) is 6.50. The zero-order valence-corrected chi connectivity index (χ0v) is 11.6. The van der Waals surface area contributed by atoms with Gasteiger partial charge in [0.25, 0.3) is 0 Å². The van der Waals surface area contributed by atoms with Crippen molar-refractivity contribution in [3.05, 3.63) is 53.7 Å². The van der Waals surface area contributed by atoms with Crippen LogP contribution in [0.15, 0.2) is 36.8 Å². The molecule has 0 aliphatic rings. The lowest BCUT2D eigenvalue weighted by atomic mass is 10.1. The Labute approximate surface area is 117 Å². The third-order valence-corrected chi connectivity index (χ3v) is 3.47. The minimum absolute atomic E-state index is 0.141. The van der Waals surface area contributed by atoms with Crippen molar-refractivity contribution < 1.29 is 4.39 Å². The van der Waals surface area contributed by atoms with Gasteiger partial charge in [-0.2, -0.15) is 0 Å². The second-order valence-corrected chi connectivity index (χ2v) is 4.58. The SMILES string of the molecule is CC(c1ccccc1F)N(C)c1ncncc1CCl. The molecule has 0 saturated heterocycles. The van der Waals surface area contributed by atoms with Crippen LogP contribution in [0.2, 0.25) is 0 Å². The maximum Gasteiger partial charge on any atom is 0.136 e. The van der Waals surface area contributed by atoms with Gasteiger partial charge in [0.1, 0.15) is 18.0 Å². The number of anilines is 1. The molecular formula is C14H15ClFN3. The molecule has 0 aliphatic carbocycles. The normalized spacial score (nSPS) is 12.2. The number of halogens is 2. The summed E-state index contributed by atoms with van der Waals surface area (Å²) in [6.07, 6.45) is 3.15. The van der Waals surface area contributed by atoms with Gasteiger partial charge in [0.2, 0.25) is 0 Å². The average Bonchev–Trinajstić information content (AvgIpc) is 2.46. The topological polar surface area (TPSA) is 29.0 Å². The van der Waals surface area contributed by atoms with Crippen LogP contribution in [0.3, 0.4) is 0 Å². The maximum atomic E-state index is 13.8. The lowest BCUT2D eigenvalue weighted by molar-refractivity contribution is 0.583. The van der Waals surface area contributed by atoms with E-state index in [9.17, 15) is 4.39 Å². The highest BCUT2D eigenvalue weighted by atomic mass is 35.5. The summed E-state index contributed by atoms with van der Waals surface area (Å²) in [4.78, 5) is 10.1. The third kappa shape index (κ3) is 2.84. The largest absolute Gasteiger partial charge is 0.352 e. The van der Waals surface area contributed by atoms with Gasteiger partial charge in [0, 0.05) is 24.4 Å². The van der Waals surface area contributed by atoms with Crippen LogP contribution in [0.5, 0.6) is 0 Å². The molecule has 0 saturated carbocycles. The fourth-order valence-electron chi connectivity index (χ4n) is 1.97. The number of alkyl halides is 1. The maximum absolute atomic E-state index is 13.8. The van der Waals surface area contributed by atoms with Gasteiger partial charge < -0.3 is 4.90 Å². The van der Waals surface area contributed by atoms with Crippen molar-refractivity contribution in [2.45, 2.75) is 18.8 Å². The van der Waals surface area contributed by atoms with Crippen LogP contribution in [0.4, 0.5) is 10.2 Å². The Kier molecular flexibility index (Phi) is 4.32. The monoisotopic (exact) mass is 279 g/mol. The predicted octanol–water partition coefficient (Wildman–Crippen LogP) is 3.55. The van der Waals surface area contributed by atoms with Gasteiger partial charge in [0.15, 0.2) is 0 Å². The second-order valence-electron chi connectivity index (χ2n) is 4.31.